The largest absolute Gasteiger partial charge is 0.459 e. The second-order valence-corrected chi connectivity index (χ2v) is 6.58. The molecular weight excluding hydrogens is 348 g/mol. The molecule has 0 bridgehead atoms. The van der Waals surface area contributed by atoms with E-state index in [0.29, 0.717) is 43.5 Å². The van der Waals surface area contributed by atoms with E-state index in [4.69, 9.17) is 4.42 Å². The Hall–Kier alpha value is -2.94. The van der Waals surface area contributed by atoms with Crippen molar-refractivity contribution in [2.75, 3.05) is 58.7 Å². The van der Waals surface area contributed by atoms with Crippen LogP contribution >= 0.6 is 0 Å². The lowest BCUT2D eigenvalue weighted by Crippen LogP contribution is -2.50. The first-order valence-electron chi connectivity index (χ1n) is 8.87. The number of hydrogen-bond donors (Lipinski definition) is 1. The van der Waals surface area contributed by atoms with Crippen molar-refractivity contribution in [2.45, 2.75) is 0 Å². The highest BCUT2D eigenvalue weighted by atomic mass is 16.3. The van der Waals surface area contributed by atoms with Crippen LogP contribution in [0.3, 0.4) is 0 Å². The molecule has 1 fully saturated rings. The summed E-state index contributed by atoms with van der Waals surface area (Å²) in [6, 6.07) is 3.33. The van der Waals surface area contributed by atoms with Gasteiger partial charge in [-0.15, -0.1) is 0 Å². The van der Waals surface area contributed by atoms with Crippen molar-refractivity contribution in [3.63, 3.8) is 0 Å². The Morgan fingerprint density at radius 3 is 2.37 bits per heavy atom. The number of nitrogens with zero attached hydrogens (tertiary/aromatic N) is 5. The topological polar surface area (TPSA) is 94.8 Å². The van der Waals surface area contributed by atoms with E-state index in [0.717, 1.165) is 13.1 Å². The molecule has 2 aromatic heterocycles. The number of nitrogens with one attached hydrogen (secondary N) is 1. The van der Waals surface area contributed by atoms with Crippen molar-refractivity contribution in [1.82, 2.24) is 24.7 Å². The zero-order valence-electron chi connectivity index (χ0n) is 15.6. The van der Waals surface area contributed by atoms with Crippen LogP contribution in [0, 0.1) is 0 Å². The monoisotopic (exact) mass is 372 g/mol. The van der Waals surface area contributed by atoms with Crippen LogP contribution < -0.4 is 5.32 Å². The van der Waals surface area contributed by atoms with Crippen LogP contribution in [-0.2, 0) is 0 Å². The van der Waals surface area contributed by atoms with Crippen molar-refractivity contribution in [1.29, 1.82) is 0 Å². The normalized spacial score (nSPS) is 14.5. The minimum absolute atomic E-state index is 0.153. The van der Waals surface area contributed by atoms with E-state index in [9.17, 15) is 9.59 Å². The molecule has 0 atom stereocenters. The SMILES string of the molecule is CN(C)CCNc1cnc(C(=O)N2CCN(C(=O)c3ccco3)CC2)cn1. The van der Waals surface area contributed by atoms with Gasteiger partial charge in [0.2, 0.25) is 0 Å². The Bertz CT molecular complexity index is 752. The summed E-state index contributed by atoms with van der Waals surface area (Å²) in [4.78, 5) is 38.8. The van der Waals surface area contributed by atoms with Crippen molar-refractivity contribution >= 4 is 17.6 Å². The van der Waals surface area contributed by atoms with Crippen molar-refractivity contribution in [2.24, 2.45) is 0 Å². The molecule has 0 saturated carbocycles. The number of carbonyl (C=O) groups is 2. The van der Waals surface area contributed by atoms with Gasteiger partial charge in [0.25, 0.3) is 11.8 Å². The second-order valence-electron chi connectivity index (χ2n) is 6.58. The highest BCUT2D eigenvalue weighted by Crippen LogP contribution is 2.11. The van der Waals surface area contributed by atoms with Crippen LogP contribution in [0.15, 0.2) is 35.2 Å². The van der Waals surface area contributed by atoms with Crippen molar-refractivity contribution in [3.05, 3.63) is 42.2 Å². The van der Waals surface area contributed by atoms with E-state index in [-0.39, 0.29) is 11.8 Å². The summed E-state index contributed by atoms with van der Waals surface area (Å²) >= 11 is 0. The standard InChI is InChI=1S/C18H24N6O3/c1-22(2)6-5-19-16-13-20-14(12-21-16)17(25)23-7-9-24(10-8-23)18(26)15-4-3-11-27-15/h3-4,11-13H,5-10H2,1-2H3,(H,19,21). The van der Waals surface area contributed by atoms with Crippen LogP contribution in [0.1, 0.15) is 21.0 Å². The zero-order chi connectivity index (χ0) is 19.2. The van der Waals surface area contributed by atoms with Gasteiger partial charge < -0.3 is 24.4 Å². The molecular formula is C18H24N6O3. The predicted octanol–water partition coefficient (Wildman–Crippen LogP) is 0.641. The van der Waals surface area contributed by atoms with Crippen molar-refractivity contribution in [3.8, 4) is 0 Å². The number of aromatic nitrogens is 2. The number of likely N-dealkylation sites (N-methyl/N-ethyl adjacent to an activating group) is 1. The Kier molecular flexibility index (Phi) is 6.02. The number of amides is 2. The highest BCUT2D eigenvalue weighted by Gasteiger charge is 2.27. The van der Waals surface area contributed by atoms with Gasteiger partial charge in [-0.2, -0.15) is 0 Å². The molecule has 0 aliphatic carbocycles. The molecule has 1 aliphatic rings. The Morgan fingerprint density at radius 1 is 1.11 bits per heavy atom. The van der Waals surface area contributed by atoms with Gasteiger partial charge in [0.15, 0.2) is 5.76 Å². The average Bonchev–Trinajstić information content (AvgIpc) is 3.22. The van der Waals surface area contributed by atoms with Crippen LogP contribution in [0.4, 0.5) is 5.82 Å². The quantitative estimate of drug-likeness (QED) is 0.795. The first-order chi connectivity index (χ1) is 13.0. The number of anilines is 1. The summed E-state index contributed by atoms with van der Waals surface area (Å²) in [5.74, 6) is 0.632. The van der Waals surface area contributed by atoms with E-state index in [1.165, 1.54) is 12.5 Å². The Labute approximate surface area is 158 Å². The highest BCUT2D eigenvalue weighted by molar-refractivity contribution is 5.93. The van der Waals surface area contributed by atoms with Gasteiger partial charge in [0, 0.05) is 39.3 Å². The minimum Gasteiger partial charge on any atom is -0.459 e. The maximum Gasteiger partial charge on any atom is 0.289 e. The molecule has 2 aromatic rings. The molecule has 144 valence electrons. The zero-order valence-corrected chi connectivity index (χ0v) is 15.6. The van der Waals surface area contributed by atoms with E-state index in [2.05, 4.69) is 20.2 Å². The average molecular weight is 372 g/mol. The van der Waals surface area contributed by atoms with Crippen molar-refractivity contribution < 1.29 is 14.0 Å². The van der Waals surface area contributed by atoms with Gasteiger partial charge in [-0.3, -0.25) is 9.59 Å². The Morgan fingerprint density at radius 2 is 1.81 bits per heavy atom. The number of furan rings is 1. The molecule has 1 N–H and O–H groups in total. The lowest BCUT2D eigenvalue weighted by atomic mass is 10.2. The number of carbonyl (C=O) groups excluding carboxylic acids is 2. The first-order valence-corrected chi connectivity index (χ1v) is 8.87. The van der Waals surface area contributed by atoms with E-state index in [1.807, 2.05) is 14.1 Å². The lowest BCUT2D eigenvalue weighted by Gasteiger charge is -2.34. The molecule has 0 spiro atoms. The van der Waals surface area contributed by atoms with E-state index in [1.54, 1.807) is 28.1 Å². The van der Waals surface area contributed by atoms with Gasteiger partial charge in [-0.1, -0.05) is 0 Å². The maximum absolute atomic E-state index is 12.6. The first kappa shape index (κ1) is 18.8. The number of rotatable bonds is 6. The fourth-order valence-corrected chi connectivity index (χ4v) is 2.77. The molecule has 9 heteroatoms. The van der Waals surface area contributed by atoms with Crippen LogP contribution in [0.2, 0.25) is 0 Å². The van der Waals surface area contributed by atoms with Gasteiger partial charge in [0.1, 0.15) is 11.5 Å². The third-order valence-corrected chi connectivity index (χ3v) is 4.32. The van der Waals surface area contributed by atoms with E-state index < -0.39 is 0 Å². The molecule has 3 heterocycles. The lowest BCUT2D eigenvalue weighted by molar-refractivity contribution is 0.0515. The fraction of sp³-hybridized carbons (Fsp3) is 0.444. The molecule has 0 aromatic carbocycles. The molecule has 2 amide bonds. The van der Waals surface area contributed by atoms with Crippen LogP contribution in [0.5, 0.6) is 0 Å². The summed E-state index contributed by atoms with van der Waals surface area (Å²) in [6.45, 7) is 3.46. The Balaban J connectivity index is 1.51. The molecule has 0 radical (unpaired) electrons. The third kappa shape index (κ3) is 4.82. The summed E-state index contributed by atoms with van der Waals surface area (Å²) in [5, 5.41) is 3.16. The smallest absolute Gasteiger partial charge is 0.289 e. The molecule has 1 aliphatic heterocycles. The second kappa shape index (κ2) is 8.63. The van der Waals surface area contributed by atoms with Gasteiger partial charge in [-0.25, -0.2) is 9.97 Å². The molecule has 1 saturated heterocycles. The minimum atomic E-state index is -0.174. The number of piperazine rings is 1. The summed E-state index contributed by atoms with van der Waals surface area (Å²) in [5.41, 5.74) is 0.305. The van der Waals surface area contributed by atoms with Gasteiger partial charge in [-0.05, 0) is 26.2 Å². The molecule has 0 unspecified atom stereocenters. The summed E-state index contributed by atoms with van der Waals surface area (Å²) in [7, 11) is 3.99. The van der Waals surface area contributed by atoms with Gasteiger partial charge in [0.05, 0.1) is 18.7 Å². The third-order valence-electron chi connectivity index (χ3n) is 4.32. The predicted molar refractivity (Wildman–Crippen MR) is 99.6 cm³/mol. The number of hydrogen-bond acceptors (Lipinski definition) is 7. The van der Waals surface area contributed by atoms with Crippen LogP contribution in [0.25, 0.3) is 0 Å². The van der Waals surface area contributed by atoms with Crippen LogP contribution in [-0.4, -0.2) is 89.8 Å². The molecule has 3 rings (SSSR count). The van der Waals surface area contributed by atoms with E-state index >= 15 is 0 Å². The molecule has 27 heavy (non-hydrogen) atoms. The fourth-order valence-electron chi connectivity index (χ4n) is 2.77. The molecule has 9 nitrogen and oxygen atoms in total. The summed E-state index contributed by atoms with van der Waals surface area (Å²) < 4.78 is 5.15. The summed E-state index contributed by atoms with van der Waals surface area (Å²) in [6.07, 6.45) is 4.53. The maximum atomic E-state index is 12.6. The van der Waals surface area contributed by atoms with Gasteiger partial charge >= 0.3 is 0 Å².